The molecule has 2 aromatic heterocycles. The van der Waals surface area contributed by atoms with Crippen LogP contribution in [0.2, 0.25) is 5.02 Å². The van der Waals surface area contributed by atoms with Gasteiger partial charge in [-0.2, -0.15) is 0 Å². The Labute approximate surface area is 188 Å². The summed E-state index contributed by atoms with van der Waals surface area (Å²) in [7, 11) is 0. The largest absolute Gasteiger partial charge is 0.284 e. The maximum atomic E-state index is 13.2. The zero-order chi connectivity index (χ0) is 20.8. The van der Waals surface area contributed by atoms with Crippen molar-refractivity contribution >= 4 is 56.0 Å². The molecule has 2 aromatic carbocycles. The van der Waals surface area contributed by atoms with Crippen molar-refractivity contribution in [3.63, 3.8) is 0 Å². The van der Waals surface area contributed by atoms with E-state index in [1.807, 2.05) is 48.5 Å². The number of aromatic nitrogens is 2. The third-order valence-corrected chi connectivity index (χ3v) is 6.95. The smallest absolute Gasteiger partial charge is 0.229 e. The second kappa shape index (κ2) is 10.1. The van der Waals surface area contributed by atoms with Gasteiger partial charge in [-0.05, 0) is 48.1 Å². The lowest BCUT2D eigenvalue weighted by molar-refractivity contribution is -0.118. The topological polar surface area (TPSA) is 46.1 Å². The molecule has 0 N–H and O–H groups in total. The molecule has 0 atom stereocenters. The summed E-state index contributed by atoms with van der Waals surface area (Å²) in [4.78, 5) is 25.0. The van der Waals surface area contributed by atoms with Gasteiger partial charge in [-0.3, -0.25) is 14.7 Å². The van der Waals surface area contributed by atoms with Crippen LogP contribution in [0.1, 0.15) is 18.4 Å². The fraction of sp³-hybridized carbons (Fsp3) is 0.174. The number of carbonyl (C=O) groups excluding carboxylic acids is 1. The van der Waals surface area contributed by atoms with E-state index < -0.39 is 0 Å². The number of para-hydroxylation sites is 1. The molecular weight excluding hydrogens is 434 g/mol. The average Bonchev–Trinajstić information content (AvgIpc) is 3.22. The number of benzene rings is 2. The van der Waals surface area contributed by atoms with Gasteiger partial charge in [-0.1, -0.05) is 53.3 Å². The first kappa shape index (κ1) is 20.8. The van der Waals surface area contributed by atoms with Gasteiger partial charge in [0.05, 0.1) is 16.3 Å². The highest BCUT2D eigenvalue weighted by atomic mass is 35.5. The fourth-order valence-electron chi connectivity index (χ4n) is 3.02. The number of thioether (sulfide) groups is 1. The van der Waals surface area contributed by atoms with Crippen LogP contribution in [0.4, 0.5) is 5.13 Å². The summed E-state index contributed by atoms with van der Waals surface area (Å²) in [6.45, 7) is 0.440. The molecule has 4 aromatic rings. The number of carbonyl (C=O) groups is 1. The molecule has 0 spiro atoms. The Kier molecular flexibility index (Phi) is 7.00. The molecule has 30 heavy (non-hydrogen) atoms. The average molecular weight is 454 g/mol. The highest BCUT2D eigenvalue weighted by Gasteiger charge is 2.20. The van der Waals surface area contributed by atoms with Gasteiger partial charge in [-0.15, -0.1) is 11.8 Å². The summed E-state index contributed by atoms with van der Waals surface area (Å²) >= 11 is 9.56. The van der Waals surface area contributed by atoms with E-state index in [1.165, 1.54) is 16.2 Å². The highest BCUT2D eigenvalue weighted by Crippen LogP contribution is 2.34. The quantitative estimate of drug-likeness (QED) is 0.227. The van der Waals surface area contributed by atoms with Crippen molar-refractivity contribution < 1.29 is 4.79 Å². The van der Waals surface area contributed by atoms with E-state index in [2.05, 4.69) is 22.1 Å². The number of amides is 1. The first-order valence-corrected chi connectivity index (χ1v) is 11.8. The first-order chi connectivity index (χ1) is 14.7. The van der Waals surface area contributed by atoms with Crippen LogP contribution in [0.15, 0.2) is 78.0 Å². The van der Waals surface area contributed by atoms with Crippen LogP contribution in [-0.2, 0) is 11.3 Å². The molecule has 1 amide bonds. The molecule has 0 radical (unpaired) electrons. The molecule has 4 nitrogen and oxygen atoms in total. The number of fused-ring (bicyclic) bond motifs is 1. The van der Waals surface area contributed by atoms with Crippen LogP contribution in [0.25, 0.3) is 10.2 Å². The van der Waals surface area contributed by atoms with Crippen molar-refractivity contribution in [2.24, 2.45) is 0 Å². The van der Waals surface area contributed by atoms with Crippen molar-refractivity contribution in [1.82, 2.24) is 9.97 Å². The molecule has 152 valence electrons. The van der Waals surface area contributed by atoms with Gasteiger partial charge in [0.15, 0.2) is 5.13 Å². The van der Waals surface area contributed by atoms with E-state index in [4.69, 9.17) is 11.6 Å². The zero-order valence-electron chi connectivity index (χ0n) is 16.2. The van der Waals surface area contributed by atoms with Crippen LogP contribution in [0.5, 0.6) is 0 Å². The van der Waals surface area contributed by atoms with Gasteiger partial charge in [0.1, 0.15) is 5.52 Å². The maximum absolute atomic E-state index is 13.2. The Balaban J connectivity index is 1.49. The van der Waals surface area contributed by atoms with Crippen molar-refractivity contribution in [2.45, 2.75) is 24.3 Å². The predicted octanol–water partition coefficient (Wildman–Crippen LogP) is 6.45. The Hall–Kier alpha value is -2.41. The van der Waals surface area contributed by atoms with Crippen molar-refractivity contribution in [3.8, 4) is 0 Å². The molecule has 0 aliphatic carbocycles. The molecule has 0 bridgehead atoms. The molecule has 0 fully saturated rings. The number of hydrogen-bond donors (Lipinski definition) is 0. The predicted molar refractivity (Wildman–Crippen MR) is 126 cm³/mol. The monoisotopic (exact) mass is 453 g/mol. The van der Waals surface area contributed by atoms with E-state index in [0.717, 1.165) is 28.0 Å². The summed E-state index contributed by atoms with van der Waals surface area (Å²) in [6, 6.07) is 19.8. The van der Waals surface area contributed by atoms with E-state index in [9.17, 15) is 4.79 Å². The third-order valence-electron chi connectivity index (χ3n) is 4.50. The van der Waals surface area contributed by atoms with Crippen molar-refractivity contribution in [2.75, 3.05) is 10.7 Å². The fourth-order valence-corrected chi connectivity index (χ4v) is 5.18. The summed E-state index contributed by atoms with van der Waals surface area (Å²) in [5, 5.41) is 1.27. The van der Waals surface area contributed by atoms with Crippen LogP contribution < -0.4 is 4.90 Å². The molecule has 4 rings (SSSR count). The molecular formula is C23H20ClN3OS2. The van der Waals surface area contributed by atoms with E-state index in [0.29, 0.717) is 23.1 Å². The van der Waals surface area contributed by atoms with Crippen LogP contribution in [0, 0.1) is 0 Å². The minimum absolute atomic E-state index is 0.0580. The lowest BCUT2D eigenvalue weighted by atomic mass is 10.2. The van der Waals surface area contributed by atoms with Gasteiger partial charge in [0, 0.05) is 23.7 Å². The molecule has 0 aliphatic heterocycles. The minimum Gasteiger partial charge on any atom is -0.284 e. The molecule has 0 unspecified atom stereocenters. The summed E-state index contributed by atoms with van der Waals surface area (Å²) in [5.41, 5.74) is 1.71. The van der Waals surface area contributed by atoms with Gasteiger partial charge in [-0.25, -0.2) is 4.98 Å². The zero-order valence-corrected chi connectivity index (χ0v) is 18.6. The number of hydrogen-bond acceptors (Lipinski definition) is 5. The standard InChI is InChI=1S/C23H20ClN3OS2/c24-19-10-4-11-20-22(19)26-23(30-20)27(16-17-7-5-13-25-15-17)21(28)12-6-14-29-18-8-2-1-3-9-18/h1-5,7-11,13,15H,6,12,14,16H2. The number of pyridine rings is 1. The van der Waals surface area contributed by atoms with Crippen molar-refractivity contribution in [1.29, 1.82) is 0 Å². The Bertz CT molecular complexity index is 1120. The van der Waals surface area contributed by atoms with Crippen molar-refractivity contribution in [3.05, 3.63) is 83.6 Å². The van der Waals surface area contributed by atoms with Gasteiger partial charge >= 0.3 is 0 Å². The third kappa shape index (κ3) is 5.19. The summed E-state index contributed by atoms with van der Waals surface area (Å²) < 4.78 is 0.973. The van der Waals surface area contributed by atoms with Crippen LogP contribution in [-0.4, -0.2) is 21.6 Å². The van der Waals surface area contributed by atoms with Gasteiger partial charge in [0.25, 0.3) is 0 Å². The first-order valence-electron chi connectivity index (χ1n) is 9.63. The summed E-state index contributed by atoms with van der Waals surface area (Å²) in [5.74, 6) is 0.949. The molecule has 0 saturated carbocycles. The number of rotatable bonds is 8. The number of anilines is 1. The SMILES string of the molecule is O=C(CCCSc1ccccc1)N(Cc1cccnc1)c1nc2c(Cl)cccc2s1. The lowest BCUT2D eigenvalue weighted by Gasteiger charge is -2.20. The number of thiazole rings is 1. The molecule has 0 aliphatic rings. The Morgan fingerprint density at radius 2 is 1.93 bits per heavy atom. The Morgan fingerprint density at radius 3 is 2.70 bits per heavy atom. The maximum Gasteiger partial charge on any atom is 0.229 e. The number of halogens is 1. The molecule has 0 saturated heterocycles. The second-order valence-corrected chi connectivity index (χ2v) is 9.27. The minimum atomic E-state index is 0.0580. The summed E-state index contributed by atoms with van der Waals surface area (Å²) in [6.07, 6.45) is 4.77. The normalized spacial score (nSPS) is 11.0. The number of nitrogens with zero attached hydrogens (tertiary/aromatic N) is 3. The van der Waals surface area contributed by atoms with Crippen LogP contribution in [0.3, 0.4) is 0 Å². The van der Waals surface area contributed by atoms with E-state index >= 15 is 0 Å². The van der Waals surface area contributed by atoms with Gasteiger partial charge < -0.3 is 0 Å². The van der Waals surface area contributed by atoms with Crippen LogP contribution >= 0.6 is 34.7 Å². The molecule has 2 heterocycles. The lowest BCUT2D eigenvalue weighted by Crippen LogP contribution is -2.30. The van der Waals surface area contributed by atoms with E-state index in [-0.39, 0.29) is 5.91 Å². The van der Waals surface area contributed by atoms with E-state index in [1.54, 1.807) is 29.1 Å². The molecule has 7 heteroatoms. The second-order valence-electron chi connectivity index (χ2n) is 6.69. The Morgan fingerprint density at radius 1 is 1.07 bits per heavy atom. The van der Waals surface area contributed by atoms with Gasteiger partial charge in [0.2, 0.25) is 5.91 Å². The highest BCUT2D eigenvalue weighted by molar-refractivity contribution is 7.99.